The Morgan fingerprint density at radius 1 is 1.37 bits per heavy atom. The number of carboxylic acids is 1. The maximum atomic E-state index is 11.9. The Morgan fingerprint density at radius 3 is 2.63 bits per heavy atom. The number of aromatic carboxylic acids is 1. The number of hydrogen-bond acceptors (Lipinski definition) is 4. The molecule has 0 spiro atoms. The van der Waals surface area contributed by atoms with Gasteiger partial charge >= 0.3 is 5.97 Å². The Hall–Kier alpha value is -2.15. The third-order valence-corrected chi connectivity index (χ3v) is 3.82. The highest BCUT2D eigenvalue weighted by Crippen LogP contribution is 2.13. The Morgan fingerprint density at radius 2 is 2.05 bits per heavy atom. The molecule has 0 aromatic heterocycles. The monoisotopic (exact) mass is 283 g/mol. The lowest BCUT2D eigenvalue weighted by Crippen LogP contribution is -2.30. The molecule has 1 rings (SSSR count). The number of carboxylic acid groups (broad SMARTS) is 1. The van der Waals surface area contributed by atoms with Gasteiger partial charge in [0.05, 0.1) is 10.5 Å². The molecule has 102 valence electrons. The molecule has 2 N–H and O–H groups in total. The maximum absolute atomic E-state index is 11.9. The molecule has 0 unspecified atom stereocenters. The zero-order valence-electron chi connectivity index (χ0n) is 10.00. The lowest BCUT2D eigenvalue weighted by molar-refractivity contribution is -0.118. The van der Waals surface area contributed by atoms with E-state index >= 15 is 0 Å². The minimum atomic E-state index is -3.86. The van der Waals surface area contributed by atoms with Crippen LogP contribution in [0.15, 0.2) is 41.8 Å². The van der Waals surface area contributed by atoms with Crippen LogP contribution < -0.4 is 5.32 Å². The summed E-state index contributed by atoms with van der Waals surface area (Å²) in [6.45, 7) is 3.56. The lowest BCUT2D eigenvalue weighted by atomic mass is 10.2. The van der Waals surface area contributed by atoms with E-state index in [4.69, 9.17) is 5.11 Å². The molecule has 0 fully saturated rings. The molecule has 0 saturated carbocycles. The number of hydrogen-bond donors (Lipinski definition) is 2. The fourth-order valence-corrected chi connectivity index (χ4v) is 2.52. The molecule has 0 aliphatic rings. The number of amides is 1. The predicted octanol–water partition coefficient (Wildman–Crippen LogP) is 0.461. The number of nitrogens with one attached hydrogen (secondary N) is 1. The molecule has 1 aromatic carbocycles. The van der Waals surface area contributed by atoms with Crippen LogP contribution in [0.1, 0.15) is 10.4 Å². The number of benzene rings is 1. The molecule has 0 aliphatic carbocycles. The van der Waals surface area contributed by atoms with Crippen molar-refractivity contribution in [1.29, 1.82) is 0 Å². The van der Waals surface area contributed by atoms with E-state index in [-0.39, 0.29) is 17.0 Å². The molecule has 1 amide bonds. The van der Waals surface area contributed by atoms with Gasteiger partial charge in [-0.1, -0.05) is 12.1 Å². The van der Waals surface area contributed by atoms with Crippen molar-refractivity contribution in [3.63, 3.8) is 0 Å². The van der Waals surface area contributed by atoms with Crippen molar-refractivity contribution >= 4 is 21.7 Å². The zero-order valence-corrected chi connectivity index (χ0v) is 10.8. The van der Waals surface area contributed by atoms with Gasteiger partial charge in [-0.25, -0.2) is 13.2 Å². The topological polar surface area (TPSA) is 101 Å². The van der Waals surface area contributed by atoms with E-state index in [1.807, 2.05) is 0 Å². The van der Waals surface area contributed by atoms with Crippen molar-refractivity contribution in [3.05, 3.63) is 42.5 Å². The first-order valence-electron chi connectivity index (χ1n) is 5.30. The molecule has 0 saturated heterocycles. The number of rotatable bonds is 6. The Bertz CT molecular complexity index is 606. The van der Waals surface area contributed by atoms with E-state index in [1.54, 1.807) is 0 Å². The van der Waals surface area contributed by atoms with E-state index in [2.05, 4.69) is 11.9 Å². The average Bonchev–Trinajstić information content (AvgIpc) is 2.36. The van der Waals surface area contributed by atoms with Crippen molar-refractivity contribution in [2.75, 3.05) is 12.3 Å². The second kappa shape index (κ2) is 6.14. The summed E-state index contributed by atoms with van der Waals surface area (Å²) in [5, 5.41) is 11.1. The van der Waals surface area contributed by atoms with Gasteiger partial charge in [-0.2, -0.15) is 0 Å². The molecule has 6 nitrogen and oxygen atoms in total. The minimum Gasteiger partial charge on any atom is -0.478 e. The third kappa shape index (κ3) is 4.22. The summed E-state index contributed by atoms with van der Waals surface area (Å²) in [6, 6.07) is 4.87. The highest BCUT2D eigenvalue weighted by molar-refractivity contribution is 7.92. The fourth-order valence-electron chi connectivity index (χ4n) is 1.32. The normalized spacial score (nSPS) is 10.7. The summed E-state index contributed by atoms with van der Waals surface area (Å²) >= 11 is 0. The van der Waals surface area contributed by atoms with E-state index in [0.717, 1.165) is 6.07 Å². The van der Waals surface area contributed by atoms with Gasteiger partial charge in [0.15, 0.2) is 9.84 Å². The van der Waals surface area contributed by atoms with Crippen LogP contribution in [0.25, 0.3) is 0 Å². The molecule has 7 heteroatoms. The summed E-state index contributed by atoms with van der Waals surface area (Å²) < 4.78 is 23.8. The molecular weight excluding hydrogens is 270 g/mol. The highest BCUT2D eigenvalue weighted by atomic mass is 32.2. The van der Waals surface area contributed by atoms with Crippen LogP contribution in [0, 0.1) is 0 Å². The molecule has 0 bridgehead atoms. The van der Waals surface area contributed by atoms with Gasteiger partial charge in [0.2, 0.25) is 5.91 Å². The van der Waals surface area contributed by atoms with E-state index in [1.165, 1.54) is 24.3 Å². The molecule has 0 aliphatic heterocycles. The lowest BCUT2D eigenvalue weighted by Gasteiger charge is -2.05. The molecule has 19 heavy (non-hydrogen) atoms. The van der Waals surface area contributed by atoms with Crippen LogP contribution in [0.2, 0.25) is 0 Å². The van der Waals surface area contributed by atoms with Crippen molar-refractivity contribution in [2.24, 2.45) is 0 Å². The first-order chi connectivity index (χ1) is 8.86. The van der Waals surface area contributed by atoms with Gasteiger partial charge < -0.3 is 10.4 Å². The maximum Gasteiger partial charge on any atom is 0.335 e. The molecule has 0 heterocycles. The second-order valence-electron chi connectivity index (χ2n) is 3.68. The highest BCUT2D eigenvalue weighted by Gasteiger charge is 2.20. The fraction of sp³-hybridized carbons (Fsp3) is 0.167. The average molecular weight is 283 g/mol. The second-order valence-corrected chi connectivity index (χ2v) is 5.67. The summed E-state index contributed by atoms with van der Waals surface area (Å²) in [6.07, 6.45) is 1.43. The Labute approximate surface area is 110 Å². The Balaban J connectivity index is 2.94. The first kappa shape index (κ1) is 14.9. The number of carbonyl (C=O) groups is 2. The van der Waals surface area contributed by atoms with Crippen molar-refractivity contribution in [3.8, 4) is 0 Å². The van der Waals surface area contributed by atoms with Crippen LogP contribution >= 0.6 is 0 Å². The van der Waals surface area contributed by atoms with Gasteiger partial charge in [-0.3, -0.25) is 4.79 Å². The van der Waals surface area contributed by atoms with Gasteiger partial charge in [-0.15, -0.1) is 6.58 Å². The summed E-state index contributed by atoms with van der Waals surface area (Å²) in [4.78, 5) is 21.9. The largest absolute Gasteiger partial charge is 0.478 e. The third-order valence-electron chi connectivity index (χ3n) is 2.20. The van der Waals surface area contributed by atoms with Gasteiger partial charge in [0, 0.05) is 6.54 Å². The van der Waals surface area contributed by atoms with Crippen LogP contribution in [0.5, 0.6) is 0 Å². The summed E-state index contributed by atoms with van der Waals surface area (Å²) in [7, 11) is -3.86. The van der Waals surface area contributed by atoms with Crippen molar-refractivity contribution < 1.29 is 23.1 Å². The molecule has 0 radical (unpaired) electrons. The van der Waals surface area contributed by atoms with E-state index in [0.29, 0.717) is 0 Å². The number of carbonyl (C=O) groups excluding carboxylic acids is 1. The molecular formula is C12H13NO5S. The molecule has 0 atom stereocenters. The van der Waals surface area contributed by atoms with Gasteiger partial charge in [-0.05, 0) is 18.2 Å². The SMILES string of the molecule is C=CCNC(=O)CS(=O)(=O)c1cccc(C(=O)O)c1. The van der Waals surface area contributed by atoms with Gasteiger partial charge in [0.1, 0.15) is 5.75 Å². The van der Waals surface area contributed by atoms with Crippen LogP contribution in [-0.4, -0.2) is 37.7 Å². The smallest absolute Gasteiger partial charge is 0.335 e. The van der Waals surface area contributed by atoms with Crippen molar-refractivity contribution in [1.82, 2.24) is 5.32 Å². The van der Waals surface area contributed by atoms with Crippen LogP contribution in [0.3, 0.4) is 0 Å². The summed E-state index contributed by atoms with van der Waals surface area (Å²) in [5.41, 5.74) is -0.146. The van der Waals surface area contributed by atoms with Crippen LogP contribution in [-0.2, 0) is 14.6 Å². The van der Waals surface area contributed by atoms with Gasteiger partial charge in [0.25, 0.3) is 0 Å². The van der Waals surface area contributed by atoms with E-state index in [9.17, 15) is 18.0 Å². The standard InChI is InChI=1S/C12H13NO5S/c1-2-6-13-11(14)8-19(17,18)10-5-3-4-9(7-10)12(15)16/h2-5,7H,1,6,8H2,(H,13,14)(H,15,16). The number of sulfone groups is 1. The quantitative estimate of drug-likeness (QED) is 0.739. The van der Waals surface area contributed by atoms with Crippen molar-refractivity contribution in [2.45, 2.75) is 4.90 Å². The molecule has 1 aromatic rings. The van der Waals surface area contributed by atoms with E-state index < -0.39 is 27.5 Å². The van der Waals surface area contributed by atoms with Crippen LogP contribution in [0.4, 0.5) is 0 Å². The Kier molecular flexibility index (Phi) is 4.82. The predicted molar refractivity (Wildman–Crippen MR) is 68.7 cm³/mol. The first-order valence-corrected chi connectivity index (χ1v) is 6.96. The minimum absolute atomic E-state index is 0.146. The zero-order chi connectivity index (χ0) is 14.5. The summed E-state index contributed by atoms with van der Waals surface area (Å²) in [5.74, 6) is -2.63.